The summed E-state index contributed by atoms with van der Waals surface area (Å²) in [6.45, 7) is 3.09. The molecule has 132 valence electrons. The van der Waals surface area contributed by atoms with Crippen LogP contribution in [0.4, 0.5) is 4.39 Å². The van der Waals surface area contributed by atoms with Crippen molar-refractivity contribution in [3.05, 3.63) is 65.5 Å². The molecule has 0 aliphatic carbocycles. The summed E-state index contributed by atoms with van der Waals surface area (Å²) in [6, 6.07) is 12.9. The Morgan fingerprint density at radius 1 is 1.16 bits per heavy atom. The molecule has 1 aliphatic rings. The van der Waals surface area contributed by atoms with Gasteiger partial charge in [0, 0.05) is 24.6 Å². The number of aliphatic hydroxyl groups excluding tert-OH is 1. The number of methoxy groups -OCH3 is 1. The summed E-state index contributed by atoms with van der Waals surface area (Å²) in [7, 11) is 1.60. The highest BCUT2D eigenvalue weighted by Gasteiger charge is 2.37. The van der Waals surface area contributed by atoms with Gasteiger partial charge in [0.05, 0.1) is 13.2 Å². The van der Waals surface area contributed by atoms with E-state index >= 15 is 0 Å². The van der Waals surface area contributed by atoms with Crippen molar-refractivity contribution >= 4 is 5.91 Å². The van der Waals surface area contributed by atoms with Crippen molar-refractivity contribution in [1.29, 1.82) is 0 Å². The average Bonchev–Trinajstić information content (AvgIpc) is 3.03. The molecule has 5 heteroatoms. The molecule has 2 aromatic rings. The SMILES string of the molecule is COc1ccc(C(O)[C@H]2CN(C(=O)c3ccc(F)cc3)C[C@@H]2C)cc1. The van der Waals surface area contributed by atoms with E-state index in [-0.39, 0.29) is 23.6 Å². The predicted molar refractivity (Wildman–Crippen MR) is 92.9 cm³/mol. The molecule has 1 N–H and O–H groups in total. The Balaban J connectivity index is 1.71. The van der Waals surface area contributed by atoms with Crippen LogP contribution in [0.25, 0.3) is 0 Å². The molecular weight excluding hydrogens is 321 g/mol. The summed E-state index contributed by atoms with van der Waals surface area (Å²) in [6.07, 6.45) is -0.646. The third-order valence-electron chi connectivity index (χ3n) is 4.91. The molecule has 1 unspecified atom stereocenters. The summed E-state index contributed by atoms with van der Waals surface area (Å²) in [5.41, 5.74) is 1.28. The Hall–Kier alpha value is -2.40. The van der Waals surface area contributed by atoms with E-state index < -0.39 is 6.10 Å². The van der Waals surface area contributed by atoms with Gasteiger partial charge in [0.1, 0.15) is 11.6 Å². The zero-order valence-electron chi connectivity index (χ0n) is 14.4. The van der Waals surface area contributed by atoms with Gasteiger partial charge in [-0.15, -0.1) is 0 Å². The molecule has 3 rings (SSSR count). The van der Waals surface area contributed by atoms with Gasteiger partial charge in [-0.1, -0.05) is 19.1 Å². The molecule has 25 heavy (non-hydrogen) atoms. The summed E-state index contributed by atoms with van der Waals surface area (Å²) >= 11 is 0. The lowest BCUT2D eigenvalue weighted by molar-refractivity contribution is 0.0742. The van der Waals surface area contributed by atoms with Crippen molar-refractivity contribution in [2.45, 2.75) is 13.0 Å². The molecule has 1 amide bonds. The standard InChI is InChI=1S/C20H22FNO3/c1-13-11-22(20(24)15-3-7-16(21)8-4-15)12-18(13)19(23)14-5-9-17(25-2)10-6-14/h3-10,13,18-19,23H,11-12H2,1-2H3/t13-,18-,19?/m0/s1. The van der Waals surface area contributed by atoms with E-state index in [4.69, 9.17) is 4.74 Å². The molecule has 1 fully saturated rings. The maximum absolute atomic E-state index is 13.0. The van der Waals surface area contributed by atoms with Gasteiger partial charge in [0.25, 0.3) is 5.91 Å². The average molecular weight is 343 g/mol. The first-order valence-corrected chi connectivity index (χ1v) is 8.36. The van der Waals surface area contributed by atoms with E-state index in [1.807, 2.05) is 31.2 Å². The maximum Gasteiger partial charge on any atom is 0.253 e. The minimum Gasteiger partial charge on any atom is -0.497 e. The van der Waals surface area contributed by atoms with Crippen LogP contribution in [0.3, 0.4) is 0 Å². The lowest BCUT2D eigenvalue weighted by Crippen LogP contribution is -2.29. The number of rotatable bonds is 4. The molecule has 3 atom stereocenters. The zero-order chi connectivity index (χ0) is 18.0. The van der Waals surface area contributed by atoms with Gasteiger partial charge in [-0.05, 0) is 47.9 Å². The maximum atomic E-state index is 13.0. The van der Waals surface area contributed by atoms with Crippen LogP contribution in [0.2, 0.25) is 0 Å². The van der Waals surface area contributed by atoms with Crippen molar-refractivity contribution in [2.24, 2.45) is 11.8 Å². The monoisotopic (exact) mass is 343 g/mol. The number of ether oxygens (including phenoxy) is 1. The molecule has 1 heterocycles. The van der Waals surface area contributed by atoms with E-state index in [0.717, 1.165) is 11.3 Å². The lowest BCUT2D eigenvalue weighted by Gasteiger charge is -2.22. The fraction of sp³-hybridized carbons (Fsp3) is 0.350. The second-order valence-electron chi connectivity index (χ2n) is 6.58. The van der Waals surface area contributed by atoms with Crippen LogP contribution in [0.5, 0.6) is 5.75 Å². The van der Waals surface area contributed by atoms with Gasteiger partial charge in [0.15, 0.2) is 0 Å². The Morgan fingerprint density at radius 2 is 1.80 bits per heavy atom. The second kappa shape index (κ2) is 7.23. The molecule has 0 aromatic heterocycles. The van der Waals surface area contributed by atoms with Crippen LogP contribution in [0.1, 0.15) is 28.9 Å². The zero-order valence-corrected chi connectivity index (χ0v) is 14.4. The van der Waals surface area contributed by atoms with Crippen LogP contribution >= 0.6 is 0 Å². The van der Waals surface area contributed by atoms with Gasteiger partial charge < -0.3 is 14.7 Å². The molecule has 0 saturated carbocycles. The number of carbonyl (C=O) groups is 1. The first kappa shape index (κ1) is 17.4. The first-order chi connectivity index (χ1) is 12.0. The van der Waals surface area contributed by atoms with Crippen molar-refractivity contribution in [3.8, 4) is 5.75 Å². The minimum absolute atomic E-state index is 0.0437. The smallest absolute Gasteiger partial charge is 0.253 e. The summed E-state index contributed by atoms with van der Waals surface area (Å²) < 4.78 is 18.2. The number of benzene rings is 2. The van der Waals surface area contributed by atoms with E-state index in [9.17, 15) is 14.3 Å². The second-order valence-corrected chi connectivity index (χ2v) is 6.58. The quantitative estimate of drug-likeness (QED) is 0.927. The van der Waals surface area contributed by atoms with Crippen LogP contribution in [0.15, 0.2) is 48.5 Å². The van der Waals surface area contributed by atoms with E-state index in [2.05, 4.69) is 0 Å². The van der Waals surface area contributed by atoms with Gasteiger partial charge in [0.2, 0.25) is 0 Å². The highest BCUT2D eigenvalue weighted by Crippen LogP contribution is 2.35. The summed E-state index contributed by atoms with van der Waals surface area (Å²) in [4.78, 5) is 14.3. The Kier molecular flexibility index (Phi) is 5.04. The number of likely N-dealkylation sites (tertiary alicyclic amines) is 1. The van der Waals surface area contributed by atoms with E-state index in [0.29, 0.717) is 18.7 Å². The van der Waals surface area contributed by atoms with Crippen molar-refractivity contribution in [1.82, 2.24) is 4.90 Å². The molecule has 2 aromatic carbocycles. The minimum atomic E-state index is -0.646. The topological polar surface area (TPSA) is 49.8 Å². The molecule has 0 spiro atoms. The van der Waals surface area contributed by atoms with Gasteiger partial charge >= 0.3 is 0 Å². The highest BCUT2D eigenvalue weighted by atomic mass is 19.1. The molecular formula is C20H22FNO3. The van der Waals surface area contributed by atoms with Crippen LogP contribution in [-0.4, -0.2) is 36.1 Å². The van der Waals surface area contributed by atoms with E-state index in [1.165, 1.54) is 24.3 Å². The molecule has 0 bridgehead atoms. The predicted octanol–water partition coefficient (Wildman–Crippen LogP) is 3.28. The number of hydrogen-bond acceptors (Lipinski definition) is 3. The lowest BCUT2D eigenvalue weighted by atomic mass is 9.88. The van der Waals surface area contributed by atoms with Gasteiger partial charge in [-0.2, -0.15) is 0 Å². The third kappa shape index (κ3) is 3.66. The number of hydrogen-bond donors (Lipinski definition) is 1. The highest BCUT2D eigenvalue weighted by molar-refractivity contribution is 5.94. The van der Waals surface area contributed by atoms with E-state index in [1.54, 1.807) is 12.0 Å². The molecule has 1 saturated heterocycles. The van der Waals surface area contributed by atoms with Crippen molar-refractivity contribution in [3.63, 3.8) is 0 Å². The Morgan fingerprint density at radius 3 is 2.40 bits per heavy atom. The van der Waals surface area contributed by atoms with Crippen molar-refractivity contribution < 1.29 is 19.0 Å². The number of amides is 1. The van der Waals surface area contributed by atoms with Gasteiger partial charge in [-0.3, -0.25) is 4.79 Å². The van der Waals surface area contributed by atoms with Crippen LogP contribution in [0, 0.1) is 17.7 Å². The number of aliphatic hydroxyl groups is 1. The molecule has 1 aliphatic heterocycles. The van der Waals surface area contributed by atoms with Crippen LogP contribution < -0.4 is 4.74 Å². The van der Waals surface area contributed by atoms with Crippen molar-refractivity contribution in [2.75, 3.05) is 20.2 Å². The number of halogens is 1. The number of carbonyl (C=O) groups excluding carboxylic acids is 1. The fourth-order valence-corrected chi connectivity index (χ4v) is 3.39. The Labute approximate surface area is 146 Å². The molecule has 4 nitrogen and oxygen atoms in total. The normalized spacial score (nSPS) is 21.2. The van der Waals surface area contributed by atoms with Crippen LogP contribution in [-0.2, 0) is 0 Å². The summed E-state index contributed by atoms with van der Waals surface area (Å²) in [5, 5.41) is 10.7. The Bertz CT molecular complexity index is 730. The molecule has 0 radical (unpaired) electrons. The first-order valence-electron chi connectivity index (χ1n) is 8.36. The van der Waals surface area contributed by atoms with Gasteiger partial charge in [-0.25, -0.2) is 4.39 Å². The summed E-state index contributed by atoms with van der Waals surface area (Å²) in [5.74, 6) is 0.373. The number of nitrogens with zero attached hydrogens (tertiary/aromatic N) is 1. The fourth-order valence-electron chi connectivity index (χ4n) is 3.39. The third-order valence-corrected chi connectivity index (χ3v) is 4.91. The largest absolute Gasteiger partial charge is 0.497 e.